The van der Waals surface area contributed by atoms with Crippen LogP contribution in [0.3, 0.4) is 0 Å². The maximum atomic E-state index is 13.2. The summed E-state index contributed by atoms with van der Waals surface area (Å²) in [5.41, 5.74) is 4.76. The van der Waals surface area contributed by atoms with Gasteiger partial charge in [-0.05, 0) is 43.2 Å². The molecule has 2 N–H and O–H groups in total. The zero-order valence-corrected chi connectivity index (χ0v) is 14.0. The molecule has 4 rings (SSSR count). The molecule has 1 aromatic heterocycles. The van der Waals surface area contributed by atoms with Crippen molar-refractivity contribution in [1.82, 2.24) is 15.1 Å². The highest BCUT2D eigenvalue weighted by Crippen LogP contribution is 2.29. The Bertz CT molecular complexity index is 827. The Morgan fingerprint density at radius 1 is 1.20 bits per heavy atom. The highest BCUT2D eigenvalue weighted by Gasteiger charge is 2.34. The molecule has 2 aromatic rings. The number of fused-ring (bicyclic) bond motifs is 2. The lowest BCUT2D eigenvalue weighted by atomic mass is 9.91. The number of carboxylic acid groups (broad SMARTS) is 1. The second-order valence-electron chi connectivity index (χ2n) is 6.89. The summed E-state index contributed by atoms with van der Waals surface area (Å²) >= 11 is 0. The number of rotatable bonds is 3. The lowest BCUT2D eigenvalue weighted by Gasteiger charge is -2.36. The fourth-order valence-electron chi connectivity index (χ4n) is 4.00. The fourth-order valence-corrected chi connectivity index (χ4v) is 4.00. The first kappa shape index (κ1) is 15.9. The Morgan fingerprint density at radius 2 is 1.96 bits per heavy atom. The molecule has 2 aliphatic rings. The van der Waals surface area contributed by atoms with Gasteiger partial charge in [0.25, 0.3) is 5.91 Å². The second-order valence-corrected chi connectivity index (χ2v) is 6.89. The van der Waals surface area contributed by atoms with Crippen LogP contribution in [0.1, 0.15) is 52.1 Å². The molecule has 0 saturated carbocycles. The van der Waals surface area contributed by atoms with Crippen LogP contribution >= 0.6 is 0 Å². The van der Waals surface area contributed by atoms with E-state index >= 15 is 0 Å². The Hall–Kier alpha value is -2.63. The zero-order valence-electron chi connectivity index (χ0n) is 14.0. The number of H-pyrrole nitrogens is 1. The maximum Gasteiger partial charge on any atom is 0.305 e. The largest absolute Gasteiger partial charge is 0.481 e. The Labute approximate surface area is 145 Å². The van der Waals surface area contributed by atoms with Crippen LogP contribution in [0.5, 0.6) is 0 Å². The number of hydrogen-bond acceptors (Lipinski definition) is 3. The van der Waals surface area contributed by atoms with Crippen LogP contribution in [0.15, 0.2) is 24.3 Å². The van der Waals surface area contributed by atoms with E-state index in [1.165, 1.54) is 0 Å². The van der Waals surface area contributed by atoms with Crippen molar-refractivity contribution in [2.75, 3.05) is 0 Å². The number of carbonyl (C=O) groups is 2. The smallest absolute Gasteiger partial charge is 0.305 e. The number of nitrogens with zero attached hydrogens (tertiary/aromatic N) is 2. The van der Waals surface area contributed by atoms with Gasteiger partial charge in [-0.15, -0.1) is 0 Å². The third kappa shape index (κ3) is 2.92. The van der Waals surface area contributed by atoms with Gasteiger partial charge in [0, 0.05) is 23.8 Å². The van der Waals surface area contributed by atoms with Crippen molar-refractivity contribution in [2.45, 2.75) is 51.1 Å². The number of aryl methyl sites for hydroxylation is 1. The van der Waals surface area contributed by atoms with Crippen LogP contribution in [0.25, 0.3) is 0 Å². The fraction of sp³-hybridized carbons (Fsp3) is 0.421. The molecule has 0 bridgehead atoms. The Morgan fingerprint density at radius 3 is 2.76 bits per heavy atom. The Balaban J connectivity index is 1.67. The first-order chi connectivity index (χ1) is 12.1. The first-order valence-corrected chi connectivity index (χ1v) is 8.79. The van der Waals surface area contributed by atoms with E-state index in [9.17, 15) is 14.7 Å². The maximum absolute atomic E-state index is 13.2. The number of nitrogens with one attached hydrogen (secondary N) is 1. The standard InChI is InChI=1S/C19H21N3O3/c23-17(24)10-14-9-12-5-1-2-6-13(12)11-22(14)19(25)18-15-7-3-4-8-16(15)20-21-18/h1-2,5-6,14H,3-4,7-11H2,(H,20,21)(H,23,24)/t14-/m0/s1. The van der Waals surface area contributed by atoms with Crippen molar-refractivity contribution in [3.05, 3.63) is 52.3 Å². The lowest BCUT2D eigenvalue weighted by molar-refractivity contribution is -0.138. The SMILES string of the molecule is O=C(O)C[C@@H]1Cc2ccccc2CN1C(=O)c1n[nH]c2c1CCCC2. The lowest BCUT2D eigenvalue weighted by Crippen LogP contribution is -2.45. The summed E-state index contributed by atoms with van der Waals surface area (Å²) < 4.78 is 0. The van der Waals surface area contributed by atoms with E-state index in [1.54, 1.807) is 4.90 Å². The second kappa shape index (κ2) is 6.35. The molecule has 1 aliphatic carbocycles. The van der Waals surface area contributed by atoms with E-state index in [2.05, 4.69) is 10.2 Å². The minimum Gasteiger partial charge on any atom is -0.481 e. The molecule has 1 aliphatic heterocycles. The molecule has 6 heteroatoms. The third-order valence-corrected chi connectivity index (χ3v) is 5.29. The predicted octanol–water partition coefficient (Wildman–Crippen LogP) is 2.33. The first-order valence-electron chi connectivity index (χ1n) is 8.79. The summed E-state index contributed by atoms with van der Waals surface area (Å²) in [6, 6.07) is 7.60. The van der Waals surface area contributed by atoms with Crippen LogP contribution < -0.4 is 0 Å². The number of carbonyl (C=O) groups excluding carboxylic acids is 1. The van der Waals surface area contributed by atoms with E-state index in [-0.39, 0.29) is 18.4 Å². The number of benzene rings is 1. The summed E-state index contributed by atoms with van der Waals surface area (Å²) in [7, 11) is 0. The molecular weight excluding hydrogens is 318 g/mol. The molecule has 130 valence electrons. The van der Waals surface area contributed by atoms with Gasteiger partial charge < -0.3 is 10.0 Å². The summed E-state index contributed by atoms with van der Waals surface area (Å²) in [6.07, 6.45) is 4.49. The Kier molecular flexibility index (Phi) is 4.03. The zero-order chi connectivity index (χ0) is 17.4. The van der Waals surface area contributed by atoms with Gasteiger partial charge in [0.15, 0.2) is 5.69 Å². The van der Waals surface area contributed by atoms with Crippen molar-refractivity contribution < 1.29 is 14.7 Å². The summed E-state index contributed by atoms with van der Waals surface area (Å²) in [4.78, 5) is 26.2. The predicted molar refractivity (Wildman–Crippen MR) is 91.3 cm³/mol. The van der Waals surface area contributed by atoms with Gasteiger partial charge in [-0.1, -0.05) is 24.3 Å². The van der Waals surface area contributed by atoms with Gasteiger partial charge in [-0.25, -0.2) is 0 Å². The van der Waals surface area contributed by atoms with Crippen LogP contribution in [-0.2, 0) is 30.6 Å². The van der Waals surface area contributed by atoms with E-state index in [1.807, 2.05) is 24.3 Å². The highest BCUT2D eigenvalue weighted by atomic mass is 16.4. The average Bonchev–Trinajstić information content (AvgIpc) is 3.04. The van der Waals surface area contributed by atoms with Crippen molar-refractivity contribution in [3.8, 4) is 0 Å². The normalized spacial score (nSPS) is 19.2. The number of amides is 1. The molecule has 6 nitrogen and oxygen atoms in total. The van der Waals surface area contributed by atoms with Gasteiger partial charge in [0.2, 0.25) is 0 Å². The van der Waals surface area contributed by atoms with E-state index in [0.717, 1.165) is 48.1 Å². The van der Waals surface area contributed by atoms with E-state index in [4.69, 9.17) is 0 Å². The highest BCUT2D eigenvalue weighted by molar-refractivity contribution is 5.94. The van der Waals surface area contributed by atoms with E-state index in [0.29, 0.717) is 18.7 Å². The number of carboxylic acids is 1. The molecule has 0 spiro atoms. The van der Waals surface area contributed by atoms with Gasteiger partial charge in [0.1, 0.15) is 0 Å². The van der Waals surface area contributed by atoms with Crippen molar-refractivity contribution in [2.24, 2.45) is 0 Å². The summed E-state index contributed by atoms with van der Waals surface area (Å²) in [6.45, 7) is 0.439. The minimum atomic E-state index is -0.883. The molecule has 0 saturated heterocycles. The van der Waals surface area contributed by atoms with Crippen LogP contribution in [-0.4, -0.2) is 38.1 Å². The van der Waals surface area contributed by atoms with Crippen LogP contribution in [0.4, 0.5) is 0 Å². The van der Waals surface area contributed by atoms with Gasteiger partial charge in [-0.2, -0.15) is 5.10 Å². The number of hydrogen-bond donors (Lipinski definition) is 2. The molecular formula is C19H21N3O3. The molecule has 0 radical (unpaired) electrons. The van der Waals surface area contributed by atoms with Crippen molar-refractivity contribution in [1.29, 1.82) is 0 Å². The van der Waals surface area contributed by atoms with Crippen LogP contribution in [0.2, 0.25) is 0 Å². The molecule has 0 unspecified atom stereocenters. The molecule has 1 aromatic carbocycles. The monoisotopic (exact) mass is 339 g/mol. The van der Waals surface area contributed by atoms with E-state index < -0.39 is 5.97 Å². The molecule has 1 atom stereocenters. The number of aromatic nitrogens is 2. The quantitative estimate of drug-likeness (QED) is 0.898. The summed E-state index contributed by atoms with van der Waals surface area (Å²) in [5.74, 6) is -1.04. The van der Waals surface area contributed by atoms with Crippen LogP contribution in [0, 0.1) is 0 Å². The molecule has 0 fully saturated rings. The van der Waals surface area contributed by atoms with Gasteiger partial charge in [0.05, 0.1) is 6.42 Å². The van der Waals surface area contributed by atoms with Gasteiger partial charge in [-0.3, -0.25) is 14.7 Å². The number of aliphatic carboxylic acids is 1. The summed E-state index contributed by atoms with van der Waals surface area (Å²) in [5, 5.41) is 16.6. The molecule has 2 heterocycles. The van der Waals surface area contributed by atoms with Crippen molar-refractivity contribution >= 4 is 11.9 Å². The number of aromatic amines is 1. The topological polar surface area (TPSA) is 86.3 Å². The van der Waals surface area contributed by atoms with Gasteiger partial charge >= 0.3 is 5.97 Å². The minimum absolute atomic E-state index is 0.0489. The van der Waals surface area contributed by atoms with Crippen molar-refractivity contribution in [3.63, 3.8) is 0 Å². The molecule has 25 heavy (non-hydrogen) atoms. The molecule has 1 amide bonds. The third-order valence-electron chi connectivity index (χ3n) is 5.29. The average molecular weight is 339 g/mol.